The number of fused-ring (bicyclic) bond motifs is 1. The summed E-state index contributed by atoms with van der Waals surface area (Å²) < 4.78 is 20.3. The molecular formula is C8H6BrFN2O. The molecule has 2 rings (SSSR count). The lowest BCUT2D eigenvalue weighted by atomic mass is 10.4. The number of nitrogens with zero attached hydrogens (tertiary/aromatic N) is 2. The Morgan fingerprint density at radius 1 is 1.62 bits per heavy atom. The Labute approximate surface area is 82.3 Å². The molecule has 0 bridgehead atoms. The Bertz CT molecular complexity index is 455. The third-order valence-electron chi connectivity index (χ3n) is 1.75. The van der Waals surface area contributed by atoms with Crippen LogP contribution in [0.25, 0.3) is 5.52 Å². The molecule has 0 aliphatic carbocycles. The van der Waals surface area contributed by atoms with Crippen molar-refractivity contribution in [2.75, 3.05) is 7.11 Å². The Hall–Kier alpha value is -1.10. The molecule has 5 heteroatoms. The normalized spacial score (nSPS) is 10.7. The van der Waals surface area contributed by atoms with Gasteiger partial charge in [-0.3, -0.25) is 4.40 Å². The molecule has 2 aromatic rings. The van der Waals surface area contributed by atoms with Crippen LogP contribution in [0.4, 0.5) is 4.39 Å². The third-order valence-corrected chi connectivity index (χ3v) is 2.33. The van der Waals surface area contributed by atoms with Gasteiger partial charge in [-0.25, -0.2) is 9.37 Å². The first-order chi connectivity index (χ1) is 6.22. The van der Waals surface area contributed by atoms with Crippen LogP contribution in [0.2, 0.25) is 0 Å². The minimum absolute atomic E-state index is 0.358. The average molecular weight is 245 g/mol. The van der Waals surface area contributed by atoms with Crippen molar-refractivity contribution in [3.05, 3.63) is 29.0 Å². The number of hydrogen-bond donors (Lipinski definition) is 0. The molecule has 0 fully saturated rings. The predicted molar refractivity (Wildman–Crippen MR) is 49.4 cm³/mol. The van der Waals surface area contributed by atoms with Crippen LogP contribution in [0.1, 0.15) is 0 Å². The van der Waals surface area contributed by atoms with Gasteiger partial charge in [-0.2, -0.15) is 0 Å². The fourth-order valence-electron chi connectivity index (χ4n) is 1.14. The molecule has 0 saturated heterocycles. The van der Waals surface area contributed by atoms with Crippen molar-refractivity contribution < 1.29 is 9.13 Å². The van der Waals surface area contributed by atoms with Crippen LogP contribution in [0, 0.1) is 5.82 Å². The van der Waals surface area contributed by atoms with E-state index < -0.39 is 0 Å². The molecule has 0 atom stereocenters. The minimum Gasteiger partial charge on any atom is -0.495 e. The van der Waals surface area contributed by atoms with Gasteiger partial charge in [0.25, 0.3) is 0 Å². The summed E-state index contributed by atoms with van der Waals surface area (Å²) in [4.78, 5) is 3.92. The van der Waals surface area contributed by atoms with Crippen molar-refractivity contribution in [3.8, 4) is 5.75 Å². The van der Waals surface area contributed by atoms with E-state index in [0.29, 0.717) is 15.9 Å². The first-order valence-electron chi connectivity index (χ1n) is 3.58. The molecule has 0 aromatic carbocycles. The van der Waals surface area contributed by atoms with Crippen LogP contribution in [-0.2, 0) is 0 Å². The number of imidazole rings is 1. The van der Waals surface area contributed by atoms with E-state index in [9.17, 15) is 4.39 Å². The molecule has 0 unspecified atom stereocenters. The predicted octanol–water partition coefficient (Wildman–Crippen LogP) is 2.24. The molecule has 0 spiro atoms. The molecule has 0 saturated carbocycles. The molecule has 0 aliphatic rings. The second-order valence-corrected chi connectivity index (χ2v) is 3.27. The van der Waals surface area contributed by atoms with E-state index in [-0.39, 0.29) is 5.82 Å². The van der Waals surface area contributed by atoms with Crippen molar-refractivity contribution >= 4 is 21.4 Å². The number of pyridine rings is 1. The van der Waals surface area contributed by atoms with E-state index in [1.54, 1.807) is 10.6 Å². The summed E-state index contributed by atoms with van der Waals surface area (Å²) in [5.74, 6) is 0.110. The van der Waals surface area contributed by atoms with Crippen molar-refractivity contribution in [3.63, 3.8) is 0 Å². The monoisotopic (exact) mass is 244 g/mol. The highest BCUT2D eigenvalue weighted by Gasteiger charge is 2.08. The van der Waals surface area contributed by atoms with Gasteiger partial charge in [0.1, 0.15) is 22.2 Å². The highest BCUT2D eigenvalue weighted by atomic mass is 79.9. The van der Waals surface area contributed by atoms with Crippen molar-refractivity contribution in [2.24, 2.45) is 0 Å². The molecular weight excluding hydrogens is 239 g/mol. The van der Waals surface area contributed by atoms with Crippen molar-refractivity contribution in [1.82, 2.24) is 9.38 Å². The zero-order chi connectivity index (χ0) is 9.42. The average Bonchev–Trinajstić information content (AvgIpc) is 2.48. The Kier molecular flexibility index (Phi) is 1.95. The SMILES string of the molecule is COc1cc(F)c2c(Br)ncn2c1. The lowest BCUT2D eigenvalue weighted by molar-refractivity contribution is 0.408. The Morgan fingerprint density at radius 3 is 3.08 bits per heavy atom. The fraction of sp³-hybridized carbons (Fsp3) is 0.125. The van der Waals surface area contributed by atoms with Gasteiger partial charge in [-0.15, -0.1) is 0 Å². The number of ether oxygens (including phenoxy) is 1. The fourth-order valence-corrected chi connectivity index (χ4v) is 1.62. The van der Waals surface area contributed by atoms with Crippen LogP contribution in [0.5, 0.6) is 5.75 Å². The Balaban J connectivity index is 2.79. The zero-order valence-corrected chi connectivity index (χ0v) is 8.38. The summed E-state index contributed by atoms with van der Waals surface area (Å²) in [6.07, 6.45) is 3.18. The molecule has 0 aliphatic heterocycles. The van der Waals surface area contributed by atoms with Crippen molar-refractivity contribution in [1.29, 1.82) is 0 Å². The van der Waals surface area contributed by atoms with Gasteiger partial charge in [-0.05, 0) is 15.9 Å². The second-order valence-electron chi connectivity index (χ2n) is 2.52. The van der Waals surface area contributed by atoms with Gasteiger partial charge >= 0.3 is 0 Å². The van der Waals surface area contributed by atoms with E-state index >= 15 is 0 Å². The van der Waals surface area contributed by atoms with Crippen LogP contribution in [0.3, 0.4) is 0 Å². The third kappa shape index (κ3) is 1.29. The number of methoxy groups -OCH3 is 1. The molecule has 68 valence electrons. The Morgan fingerprint density at radius 2 is 2.38 bits per heavy atom. The topological polar surface area (TPSA) is 26.5 Å². The summed E-state index contributed by atoms with van der Waals surface area (Å²) in [5.41, 5.74) is 0.417. The van der Waals surface area contributed by atoms with E-state index in [0.717, 1.165) is 0 Å². The van der Waals surface area contributed by atoms with Crippen molar-refractivity contribution in [2.45, 2.75) is 0 Å². The second kappa shape index (κ2) is 2.99. The van der Waals surface area contributed by atoms with Gasteiger partial charge in [0.05, 0.1) is 13.3 Å². The lowest BCUT2D eigenvalue weighted by Crippen LogP contribution is -1.91. The summed E-state index contributed by atoms with van der Waals surface area (Å²) in [5, 5.41) is 0. The molecule has 13 heavy (non-hydrogen) atoms. The lowest BCUT2D eigenvalue weighted by Gasteiger charge is -2.01. The van der Waals surface area contributed by atoms with Crippen LogP contribution < -0.4 is 4.74 Å². The van der Waals surface area contributed by atoms with Gasteiger partial charge in [-0.1, -0.05) is 0 Å². The summed E-state index contributed by atoms with van der Waals surface area (Å²) in [6, 6.07) is 1.32. The summed E-state index contributed by atoms with van der Waals surface area (Å²) in [7, 11) is 1.49. The summed E-state index contributed by atoms with van der Waals surface area (Å²) >= 11 is 3.15. The molecule has 3 nitrogen and oxygen atoms in total. The maximum atomic E-state index is 13.4. The summed E-state index contributed by atoms with van der Waals surface area (Å²) in [6.45, 7) is 0. The molecule has 0 radical (unpaired) electrons. The minimum atomic E-state index is -0.358. The van der Waals surface area contributed by atoms with E-state index in [2.05, 4.69) is 20.9 Å². The van der Waals surface area contributed by atoms with Gasteiger partial charge < -0.3 is 4.74 Å². The first kappa shape index (κ1) is 8.50. The smallest absolute Gasteiger partial charge is 0.153 e. The van der Waals surface area contributed by atoms with Gasteiger partial charge in [0.2, 0.25) is 0 Å². The quantitative estimate of drug-likeness (QED) is 0.770. The van der Waals surface area contributed by atoms with Crippen LogP contribution >= 0.6 is 15.9 Å². The highest BCUT2D eigenvalue weighted by Crippen LogP contribution is 2.23. The van der Waals surface area contributed by atoms with E-state index in [4.69, 9.17) is 4.74 Å². The molecule has 2 aromatic heterocycles. The molecule has 0 N–H and O–H groups in total. The van der Waals surface area contributed by atoms with Gasteiger partial charge in [0.15, 0.2) is 5.82 Å². The van der Waals surface area contributed by atoms with E-state index in [1.165, 1.54) is 19.5 Å². The molecule has 2 heterocycles. The number of halogens is 2. The highest BCUT2D eigenvalue weighted by molar-refractivity contribution is 9.10. The molecule has 0 amide bonds. The van der Waals surface area contributed by atoms with Crippen LogP contribution in [0.15, 0.2) is 23.2 Å². The van der Waals surface area contributed by atoms with Gasteiger partial charge in [0, 0.05) is 6.07 Å². The van der Waals surface area contributed by atoms with Crippen LogP contribution in [-0.4, -0.2) is 16.5 Å². The largest absolute Gasteiger partial charge is 0.495 e. The first-order valence-corrected chi connectivity index (χ1v) is 4.37. The maximum absolute atomic E-state index is 13.4. The maximum Gasteiger partial charge on any atom is 0.153 e. The zero-order valence-electron chi connectivity index (χ0n) is 6.79. The number of rotatable bonds is 1. The standard InChI is InChI=1S/C8H6BrFN2O/c1-13-5-2-6(10)7-8(9)11-4-12(7)3-5/h2-4H,1H3. The number of aromatic nitrogens is 2. The number of hydrogen-bond acceptors (Lipinski definition) is 2. The van der Waals surface area contributed by atoms with E-state index in [1.807, 2.05) is 0 Å².